The number of rotatable bonds is 6. The fourth-order valence-electron chi connectivity index (χ4n) is 1.46. The highest BCUT2D eigenvalue weighted by Gasteiger charge is 2.08. The Labute approximate surface area is 101 Å². The number of aromatic hydroxyl groups is 2. The molecule has 1 aromatic carbocycles. The molecular weight excluding hydrogens is 222 g/mol. The zero-order chi connectivity index (χ0) is 12.8. The highest BCUT2D eigenvalue weighted by Crippen LogP contribution is 2.26. The molecule has 3 N–H and O–H groups in total. The van der Waals surface area contributed by atoms with Crippen LogP contribution in [0.5, 0.6) is 11.5 Å². The van der Waals surface area contributed by atoms with Crippen molar-refractivity contribution in [2.45, 2.75) is 20.3 Å². The molecular formula is C12H19NO4. The van der Waals surface area contributed by atoms with Gasteiger partial charge in [-0.15, -0.1) is 0 Å². The summed E-state index contributed by atoms with van der Waals surface area (Å²) >= 11 is 0. The Balaban J connectivity index is 2.44. The summed E-state index contributed by atoms with van der Waals surface area (Å²) in [6.45, 7) is 4.56. The number of phenolic OH excluding ortho intramolecular Hbond substituents is 2. The Bertz CT molecular complexity index is 356. The molecule has 1 unspecified atom stereocenters. The average Bonchev–Trinajstić information content (AvgIpc) is 2.31. The van der Waals surface area contributed by atoms with Crippen molar-refractivity contribution in [3.05, 3.63) is 23.8 Å². The lowest BCUT2D eigenvalue weighted by atomic mass is 10.0. The summed E-state index contributed by atoms with van der Waals surface area (Å²) in [5.41, 5.74) is 0.914. The number of hydrogen-bond acceptors (Lipinski definition) is 5. The molecule has 1 aromatic rings. The smallest absolute Gasteiger partial charge is 0.157 e. The maximum atomic E-state index is 9.34. The zero-order valence-corrected chi connectivity index (χ0v) is 10.1. The van der Waals surface area contributed by atoms with Gasteiger partial charge in [-0.2, -0.15) is 0 Å². The second-order valence-corrected chi connectivity index (χ2v) is 4.10. The SMILES string of the molecule is CCN(O)OCC(C)Cc1ccc(O)c(O)c1. The number of phenols is 2. The van der Waals surface area contributed by atoms with Gasteiger partial charge >= 0.3 is 0 Å². The lowest BCUT2D eigenvalue weighted by Crippen LogP contribution is -2.23. The Morgan fingerprint density at radius 3 is 2.59 bits per heavy atom. The van der Waals surface area contributed by atoms with Crippen molar-refractivity contribution in [3.8, 4) is 11.5 Å². The fraction of sp³-hybridized carbons (Fsp3) is 0.500. The lowest BCUT2D eigenvalue weighted by Gasteiger charge is -2.16. The lowest BCUT2D eigenvalue weighted by molar-refractivity contribution is -0.341. The van der Waals surface area contributed by atoms with E-state index in [1.165, 1.54) is 12.1 Å². The van der Waals surface area contributed by atoms with Gasteiger partial charge in [0.25, 0.3) is 0 Å². The summed E-state index contributed by atoms with van der Waals surface area (Å²) in [6.07, 6.45) is 0.700. The van der Waals surface area contributed by atoms with Gasteiger partial charge in [0, 0.05) is 6.54 Å². The molecule has 1 rings (SSSR count). The van der Waals surface area contributed by atoms with E-state index in [1.54, 1.807) is 13.0 Å². The maximum Gasteiger partial charge on any atom is 0.157 e. The van der Waals surface area contributed by atoms with Gasteiger partial charge in [-0.05, 0) is 37.0 Å². The van der Waals surface area contributed by atoms with Crippen LogP contribution in [0.2, 0.25) is 0 Å². The summed E-state index contributed by atoms with van der Waals surface area (Å²) < 4.78 is 0. The first-order valence-electron chi connectivity index (χ1n) is 5.63. The highest BCUT2D eigenvalue weighted by molar-refractivity contribution is 5.40. The third-order valence-corrected chi connectivity index (χ3v) is 2.40. The Hall–Kier alpha value is -1.30. The van der Waals surface area contributed by atoms with Crippen molar-refractivity contribution in [2.75, 3.05) is 13.2 Å². The van der Waals surface area contributed by atoms with Gasteiger partial charge in [-0.3, -0.25) is 10.0 Å². The molecule has 1 atom stereocenters. The number of nitrogens with zero attached hydrogens (tertiary/aromatic N) is 1. The van der Waals surface area contributed by atoms with Crippen molar-refractivity contribution in [1.29, 1.82) is 0 Å². The van der Waals surface area contributed by atoms with E-state index in [4.69, 9.17) is 10.0 Å². The van der Waals surface area contributed by atoms with Crippen LogP contribution in [0.4, 0.5) is 0 Å². The largest absolute Gasteiger partial charge is 0.504 e. The highest BCUT2D eigenvalue weighted by atomic mass is 16.9. The minimum Gasteiger partial charge on any atom is -0.504 e. The van der Waals surface area contributed by atoms with Crippen molar-refractivity contribution in [1.82, 2.24) is 5.23 Å². The summed E-state index contributed by atoms with van der Waals surface area (Å²) in [7, 11) is 0. The monoisotopic (exact) mass is 241 g/mol. The second kappa shape index (κ2) is 6.44. The van der Waals surface area contributed by atoms with Gasteiger partial charge in [0.2, 0.25) is 0 Å². The molecule has 0 aromatic heterocycles. The molecule has 0 spiro atoms. The Kier molecular flexibility index (Phi) is 5.21. The van der Waals surface area contributed by atoms with Crippen molar-refractivity contribution in [2.24, 2.45) is 5.92 Å². The van der Waals surface area contributed by atoms with Crippen LogP contribution < -0.4 is 0 Å². The van der Waals surface area contributed by atoms with Gasteiger partial charge in [-0.1, -0.05) is 18.2 Å². The Morgan fingerprint density at radius 2 is 2.00 bits per heavy atom. The quantitative estimate of drug-likeness (QED) is 0.524. The first-order chi connectivity index (χ1) is 8.02. The summed E-state index contributed by atoms with van der Waals surface area (Å²) in [6, 6.07) is 4.74. The van der Waals surface area contributed by atoms with Gasteiger partial charge in [0.05, 0.1) is 6.61 Å². The summed E-state index contributed by atoms with van der Waals surface area (Å²) in [4.78, 5) is 5.06. The normalized spacial score (nSPS) is 12.9. The minimum absolute atomic E-state index is 0.118. The van der Waals surface area contributed by atoms with Crippen molar-refractivity contribution in [3.63, 3.8) is 0 Å². The molecule has 0 radical (unpaired) electrons. The minimum atomic E-state index is -0.120. The van der Waals surface area contributed by atoms with Crippen molar-refractivity contribution >= 4 is 0 Å². The van der Waals surface area contributed by atoms with E-state index in [2.05, 4.69) is 0 Å². The number of hydroxylamine groups is 2. The van der Waals surface area contributed by atoms with Crippen LogP contribution in [0.15, 0.2) is 18.2 Å². The number of benzene rings is 1. The molecule has 0 saturated carbocycles. The van der Waals surface area contributed by atoms with E-state index in [9.17, 15) is 10.2 Å². The predicted octanol–water partition coefficient (Wildman–Crippen LogP) is 1.92. The van der Waals surface area contributed by atoms with Gasteiger partial charge in [-0.25, -0.2) is 0 Å². The van der Waals surface area contributed by atoms with Crippen LogP contribution in [0.25, 0.3) is 0 Å². The first-order valence-corrected chi connectivity index (χ1v) is 5.63. The average molecular weight is 241 g/mol. The van der Waals surface area contributed by atoms with E-state index >= 15 is 0 Å². The summed E-state index contributed by atoms with van der Waals surface area (Å²) in [5.74, 6) is -0.0433. The van der Waals surface area contributed by atoms with Crippen LogP contribution in [-0.2, 0) is 11.3 Å². The van der Waals surface area contributed by atoms with Crippen LogP contribution in [0.1, 0.15) is 19.4 Å². The molecule has 0 saturated heterocycles. The van der Waals surface area contributed by atoms with Crippen molar-refractivity contribution < 1.29 is 20.3 Å². The van der Waals surface area contributed by atoms with Gasteiger partial charge in [0.1, 0.15) is 0 Å². The molecule has 0 bridgehead atoms. The predicted molar refractivity (Wildman–Crippen MR) is 62.8 cm³/mol. The van der Waals surface area contributed by atoms with E-state index in [0.717, 1.165) is 10.8 Å². The molecule has 0 aliphatic rings. The third-order valence-electron chi connectivity index (χ3n) is 2.40. The van der Waals surface area contributed by atoms with E-state index in [1.807, 2.05) is 6.92 Å². The van der Waals surface area contributed by atoms with Gasteiger partial charge in [0.15, 0.2) is 11.5 Å². The molecule has 0 amide bonds. The summed E-state index contributed by atoms with van der Waals surface area (Å²) in [5, 5.41) is 28.4. The van der Waals surface area contributed by atoms with Crippen LogP contribution in [0.3, 0.4) is 0 Å². The van der Waals surface area contributed by atoms with Gasteiger partial charge < -0.3 is 10.2 Å². The molecule has 0 heterocycles. The van der Waals surface area contributed by atoms with Crippen LogP contribution in [0, 0.1) is 5.92 Å². The Morgan fingerprint density at radius 1 is 1.29 bits per heavy atom. The van der Waals surface area contributed by atoms with E-state index in [0.29, 0.717) is 19.6 Å². The third kappa shape index (κ3) is 4.60. The van der Waals surface area contributed by atoms with E-state index in [-0.39, 0.29) is 17.4 Å². The molecule has 5 nitrogen and oxygen atoms in total. The van der Waals surface area contributed by atoms with Crippen LogP contribution in [-0.4, -0.2) is 33.8 Å². The maximum absolute atomic E-state index is 9.34. The topological polar surface area (TPSA) is 73.2 Å². The first kappa shape index (κ1) is 13.8. The standard InChI is InChI=1S/C12H19NO4/c1-3-13(16)17-8-9(2)6-10-4-5-11(14)12(15)7-10/h4-5,7,9,14-16H,3,6,8H2,1-2H3. The molecule has 5 heteroatoms. The number of hydrogen-bond donors (Lipinski definition) is 3. The molecule has 17 heavy (non-hydrogen) atoms. The zero-order valence-electron chi connectivity index (χ0n) is 10.1. The molecule has 0 aliphatic heterocycles. The molecule has 96 valence electrons. The van der Waals surface area contributed by atoms with E-state index < -0.39 is 0 Å². The second-order valence-electron chi connectivity index (χ2n) is 4.10. The molecule has 0 fully saturated rings. The van der Waals surface area contributed by atoms with Crippen LogP contribution >= 0.6 is 0 Å². The molecule has 0 aliphatic carbocycles. The fourth-order valence-corrected chi connectivity index (χ4v) is 1.46.